The van der Waals surface area contributed by atoms with E-state index in [0.717, 1.165) is 22.1 Å². The summed E-state index contributed by atoms with van der Waals surface area (Å²) in [5.74, 6) is 0.446. The first-order valence-corrected chi connectivity index (χ1v) is 12.5. The molecule has 0 bridgehead atoms. The average molecular weight is 487 g/mol. The average Bonchev–Trinajstić information content (AvgIpc) is 3.23. The Balaban J connectivity index is 1.24. The van der Waals surface area contributed by atoms with Gasteiger partial charge in [-0.25, -0.2) is 0 Å². The summed E-state index contributed by atoms with van der Waals surface area (Å²) in [6.45, 7) is 0.995. The summed E-state index contributed by atoms with van der Waals surface area (Å²) in [5, 5.41) is 5.95. The molecule has 1 N–H and O–H groups in total. The molecule has 34 heavy (non-hydrogen) atoms. The minimum Gasteiger partial charge on any atom is -0.348 e. The number of hydrogen-bond acceptors (Lipinski definition) is 3. The quantitative estimate of drug-likeness (QED) is 0.353. The molecule has 6 heteroatoms. The maximum Gasteiger partial charge on any atom is 0.251 e. The fraction of sp³-hybridized carbons (Fsp3) is 0.143. The van der Waals surface area contributed by atoms with Crippen molar-refractivity contribution in [3.8, 4) is 0 Å². The van der Waals surface area contributed by atoms with Gasteiger partial charge in [-0.2, -0.15) is 0 Å². The number of rotatable bonds is 6. The molecule has 0 radical (unpaired) electrons. The second-order valence-electron chi connectivity index (χ2n) is 8.30. The summed E-state index contributed by atoms with van der Waals surface area (Å²) >= 11 is 7.59. The molecule has 1 aliphatic heterocycles. The molecule has 2 amide bonds. The molecule has 4 nitrogen and oxygen atoms in total. The van der Waals surface area contributed by atoms with E-state index in [1.54, 1.807) is 11.8 Å². The van der Waals surface area contributed by atoms with E-state index in [2.05, 4.69) is 29.6 Å². The van der Waals surface area contributed by atoms with Gasteiger partial charge in [0.25, 0.3) is 5.91 Å². The summed E-state index contributed by atoms with van der Waals surface area (Å²) in [6, 6.07) is 29.5. The van der Waals surface area contributed by atoms with E-state index in [-0.39, 0.29) is 17.2 Å². The van der Waals surface area contributed by atoms with E-state index in [9.17, 15) is 9.59 Å². The van der Waals surface area contributed by atoms with E-state index >= 15 is 0 Å². The lowest BCUT2D eigenvalue weighted by molar-refractivity contribution is -0.128. The van der Waals surface area contributed by atoms with Gasteiger partial charge >= 0.3 is 0 Å². The molecule has 1 saturated heterocycles. The zero-order valence-corrected chi connectivity index (χ0v) is 20.0. The van der Waals surface area contributed by atoms with Crippen LogP contribution < -0.4 is 5.32 Å². The van der Waals surface area contributed by atoms with E-state index in [1.807, 2.05) is 71.6 Å². The Morgan fingerprint density at radius 2 is 1.62 bits per heavy atom. The van der Waals surface area contributed by atoms with Crippen molar-refractivity contribution in [2.24, 2.45) is 0 Å². The Bertz CT molecular complexity index is 1340. The predicted molar refractivity (Wildman–Crippen MR) is 139 cm³/mol. The second kappa shape index (κ2) is 9.92. The molecule has 0 spiro atoms. The lowest BCUT2D eigenvalue weighted by atomic mass is 10.1. The van der Waals surface area contributed by atoms with Crippen LogP contribution in [0, 0.1) is 0 Å². The van der Waals surface area contributed by atoms with Crippen molar-refractivity contribution in [2.45, 2.75) is 18.5 Å². The molecule has 170 valence electrons. The molecule has 0 aromatic heterocycles. The number of carbonyl (C=O) groups is 2. The third-order valence-electron chi connectivity index (χ3n) is 5.96. The van der Waals surface area contributed by atoms with Crippen molar-refractivity contribution in [1.82, 2.24) is 10.2 Å². The van der Waals surface area contributed by atoms with Gasteiger partial charge in [-0.1, -0.05) is 72.3 Å². The van der Waals surface area contributed by atoms with Gasteiger partial charge in [-0.05, 0) is 57.8 Å². The van der Waals surface area contributed by atoms with Crippen LogP contribution in [-0.4, -0.2) is 22.5 Å². The number of halogens is 1. The Labute approximate surface area is 207 Å². The normalized spacial score (nSPS) is 15.6. The van der Waals surface area contributed by atoms with Gasteiger partial charge in [0.05, 0.1) is 5.75 Å². The number of thioether (sulfide) groups is 1. The van der Waals surface area contributed by atoms with Crippen molar-refractivity contribution in [1.29, 1.82) is 0 Å². The van der Waals surface area contributed by atoms with Gasteiger partial charge < -0.3 is 10.2 Å². The smallest absolute Gasteiger partial charge is 0.251 e. The molecule has 1 aliphatic rings. The second-order valence-corrected chi connectivity index (χ2v) is 9.80. The fourth-order valence-electron chi connectivity index (χ4n) is 4.12. The fourth-order valence-corrected chi connectivity index (χ4v) is 5.43. The molecule has 5 rings (SSSR count). The number of fused-ring (bicyclic) bond motifs is 1. The van der Waals surface area contributed by atoms with Gasteiger partial charge in [0.1, 0.15) is 5.37 Å². The van der Waals surface area contributed by atoms with Crippen LogP contribution >= 0.6 is 23.4 Å². The van der Waals surface area contributed by atoms with Crippen LogP contribution in [0.2, 0.25) is 5.02 Å². The zero-order valence-electron chi connectivity index (χ0n) is 18.4. The maximum absolute atomic E-state index is 12.7. The standard InChI is InChI=1S/C28H23ClN2O2S/c29-25-13-6-19(7-14-25)17-31-26(32)18-34-28(31)23-11-9-22(10-12-23)27(33)30-16-20-5-8-21-3-1-2-4-24(21)15-20/h1-15,28H,16-18H2,(H,30,33)/t28-/m0/s1. The van der Waals surface area contributed by atoms with Crippen molar-refractivity contribution in [3.63, 3.8) is 0 Å². The number of amides is 2. The van der Waals surface area contributed by atoms with Crippen LogP contribution in [0.25, 0.3) is 10.8 Å². The highest BCUT2D eigenvalue weighted by Crippen LogP contribution is 2.39. The number of nitrogens with zero attached hydrogens (tertiary/aromatic N) is 1. The minimum atomic E-state index is -0.118. The van der Waals surface area contributed by atoms with E-state index < -0.39 is 0 Å². The highest BCUT2D eigenvalue weighted by atomic mass is 35.5. The zero-order chi connectivity index (χ0) is 23.5. The third-order valence-corrected chi connectivity index (χ3v) is 7.47. The van der Waals surface area contributed by atoms with E-state index in [4.69, 9.17) is 11.6 Å². The monoisotopic (exact) mass is 486 g/mol. The van der Waals surface area contributed by atoms with Crippen LogP contribution in [0.1, 0.15) is 32.4 Å². The molecule has 0 aliphatic carbocycles. The van der Waals surface area contributed by atoms with Gasteiger partial charge in [0.15, 0.2) is 0 Å². The molecule has 0 unspecified atom stereocenters. The summed E-state index contributed by atoms with van der Waals surface area (Å²) in [4.78, 5) is 27.1. The Hall–Kier alpha value is -3.28. The highest BCUT2D eigenvalue weighted by molar-refractivity contribution is 8.00. The van der Waals surface area contributed by atoms with Crippen molar-refractivity contribution in [3.05, 3.63) is 118 Å². The first-order valence-electron chi connectivity index (χ1n) is 11.1. The first-order chi connectivity index (χ1) is 16.6. The number of benzene rings is 4. The molecular weight excluding hydrogens is 464 g/mol. The van der Waals surface area contributed by atoms with Crippen LogP contribution in [-0.2, 0) is 17.9 Å². The van der Waals surface area contributed by atoms with Gasteiger partial charge in [-0.15, -0.1) is 11.8 Å². The molecule has 1 heterocycles. The lowest BCUT2D eigenvalue weighted by Crippen LogP contribution is -2.27. The van der Waals surface area contributed by atoms with Gasteiger partial charge in [0.2, 0.25) is 5.91 Å². The van der Waals surface area contributed by atoms with Crippen LogP contribution in [0.5, 0.6) is 0 Å². The first kappa shape index (κ1) is 22.5. The maximum atomic E-state index is 12.7. The SMILES string of the molecule is O=C(NCc1ccc2ccccc2c1)c1ccc([C@@H]2SCC(=O)N2Cc2ccc(Cl)cc2)cc1. The largest absolute Gasteiger partial charge is 0.348 e. The van der Waals surface area contributed by atoms with Crippen LogP contribution in [0.4, 0.5) is 0 Å². The number of nitrogens with one attached hydrogen (secondary N) is 1. The van der Waals surface area contributed by atoms with Crippen molar-refractivity contribution in [2.75, 3.05) is 5.75 Å². The Kier molecular flexibility index (Phi) is 6.57. The van der Waals surface area contributed by atoms with Crippen molar-refractivity contribution < 1.29 is 9.59 Å². The summed E-state index contributed by atoms with van der Waals surface area (Å²) < 4.78 is 0. The van der Waals surface area contributed by atoms with Crippen molar-refractivity contribution >= 4 is 45.9 Å². The van der Waals surface area contributed by atoms with E-state index in [1.165, 1.54) is 5.39 Å². The predicted octanol–water partition coefficient (Wildman–Crippen LogP) is 6.20. The molecule has 0 saturated carbocycles. The number of carbonyl (C=O) groups excluding carboxylic acids is 2. The summed E-state index contributed by atoms with van der Waals surface area (Å²) in [7, 11) is 0. The number of hydrogen-bond donors (Lipinski definition) is 1. The lowest BCUT2D eigenvalue weighted by Gasteiger charge is -2.24. The Morgan fingerprint density at radius 1 is 0.912 bits per heavy atom. The Morgan fingerprint density at radius 3 is 2.38 bits per heavy atom. The summed E-state index contributed by atoms with van der Waals surface area (Å²) in [5.41, 5.74) is 3.70. The topological polar surface area (TPSA) is 49.4 Å². The van der Waals surface area contributed by atoms with E-state index in [0.29, 0.717) is 29.4 Å². The van der Waals surface area contributed by atoms with Crippen LogP contribution in [0.3, 0.4) is 0 Å². The van der Waals surface area contributed by atoms with Gasteiger partial charge in [-0.3, -0.25) is 9.59 Å². The molecular formula is C28H23ClN2O2S. The van der Waals surface area contributed by atoms with Crippen LogP contribution in [0.15, 0.2) is 91.0 Å². The third kappa shape index (κ3) is 4.96. The molecule has 1 fully saturated rings. The molecule has 4 aromatic carbocycles. The minimum absolute atomic E-state index is 0.0714. The molecule has 1 atom stereocenters. The summed E-state index contributed by atoms with van der Waals surface area (Å²) in [6.07, 6.45) is 0. The van der Waals surface area contributed by atoms with Gasteiger partial charge in [0, 0.05) is 23.7 Å². The highest BCUT2D eigenvalue weighted by Gasteiger charge is 2.32. The molecule has 4 aromatic rings.